The molecule has 2 aromatic rings. The molecule has 1 amide bonds. The molecule has 7 nitrogen and oxygen atoms in total. The second-order valence-electron chi connectivity index (χ2n) is 9.32. The number of amides is 1. The molecule has 2 heterocycles. The molecule has 0 saturated carbocycles. The van der Waals surface area contributed by atoms with Crippen LogP contribution in [0.2, 0.25) is 0 Å². The maximum absolute atomic E-state index is 13.3. The van der Waals surface area contributed by atoms with Gasteiger partial charge in [-0.3, -0.25) is 9.59 Å². The van der Waals surface area contributed by atoms with Gasteiger partial charge in [-0.15, -0.1) is 0 Å². The third-order valence-electron chi connectivity index (χ3n) is 6.16. The topological polar surface area (TPSA) is 85.3 Å². The van der Waals surface area contributed by atoms with Crippen LogP contribution in [0.4, 0.5) is 0 Å². The summed E-state index contributed by atoms with van der Waals surface area (Å²) in [6.07, 6.45) is 1.62. The van der Waals surface area contributed by atoms with Crippen molar-refractivity contribution in [2.45, 2.75) is 45.8 Å². The summed E-state index contributed by atoms with van der Waals surface area (Å²) in [6, 6.07) is 13.5. The molecule has 186 valence electrons. The van der Waals surface area contributed by atoms with Crippen molar-refractivity contribution in [3.05, 3.63) is 65.2 Å². The number of ketones is 1. The van der Waals surface area contributed by atoms with Crippen LogP contribution in [0, 0.1) is 5.92 Å². The largest absolute Gasteiger partial charge is 0.507 e. The third-order valence-corrected chi connectivity index (χ3v) is 6.16. The predicted molar refractivity (Wildman–Crippen MR) is 132 cm³/mol. The lowest BCUT2D eigenvalue weighted by Crippen LogP contribution is -2.36. The van der Waals surface area contributed by atoms with Crippen molar-refractivity contribution in [3.8, 4) is 11.5 Å². The van der Waals surface area contributed by atoms with E-state index in [1.165, 1.54) is 4.90 Å². The molecular formula is C28H33NO6. The summed E-state index contributed by atoms with van der Waals surface area (Å²) < 4.78 is 17.1. The number of likely N-dealkylation sites (tertiary alicyclic amines) is 1. The molecule has 35 heavy (non-hydrogen) atoms. The second-order valence-corrected chi connectivity index (χ2v) is 9.32. The van der Waals surface area contributed by atoms with Gasteiger partial charge in [-0.2, -0.15) is 0 Å². The van der Waals surface area contributed by atoms with Crippen LogP contribution in [-0.2, 0) is 14.3 Å². The van der Waals surface area contributed by atoms with Crippen LogP contribution in [0.25, 0.3) is 5.76 Å². The Morgan fingerprint density at radius 1 is 1.11 bits per heavy atom. The minimum absolute atomic E-state index is 0.0677. The van der Waals surface area contributed by atoms with Gasteiger partial charge < -0.3 is 24.2 Å². The molecular weight excluding hydrogens is 446 g/mol. The van der Waals surface area contributed by atoms with Gasteiger partial charge in [0.1, 0.15) is 17.3 Å². The van der Waals surface area contributed by atoms with Crippen LogP contribution in [0.5, 0.6) is 11.5 Å². The maximum Gasteiger partial charge on any atom is 0.295 e. The van der Waals surface area contributed by atoms with Gasteiger partial charge in [0.25, 0.3) is 11.7 Å². The number of hydrogen-bond acceptors (Lipinski definition) is 6. The van der Waals surface area contributed by atoms with E-state index in [9.17, 15) is 14.7 Å². The van der Waals surface area contributed by atoms with Crippen molar-refractivity contribution < 1.29 is 28.9 Å². The number of aliphatic hydroxyl groups is 1. The Labute approximate surface area is 206 Å². The Bertz CT molecular complexity index is 1080. The van der Waals surface area contributed by atoms with E-state index in [0.29, 0.717) is 42.8 Å². The van der Waals surface area contributed by atoms with E-state index in [-0.39, 0.29) is 24.0 Å². The molecule has 0 aliphatic carbocycles. The number of aliphatic hydroxyl groups excluding tert-OH is 1. The first-order valence-electron chi connectivity index (χ1n) is 12.2. The molecule has 2 atom stereocenters. The Hall–Kier alpha value is -3.32. The molecule has 0 bridgehead atoms. The van der Waals surface area contributed by atoms with Crippen LogP contribution in [0.3, 0.4) is 0 Å². The smallest absolute Gasteiger partial charge is 0.295 e. The SMILES string of the molecule is CCOc1ccc(C2/C(=C(/O)c3cccc(OCC(C)C)c3)C(=O)C(=O)N2CC2CCCO2)cc1. The van der Waals surface area contributed by atoms with Gasteiger partial charge in [0.05, 0.1) is 30.9 Å². The van der Waals surface area contributed by atoms with Crippen LogP contribution < -0.4 is 9.47 Å². The number of rotatable bonds is 9. The van der Waals surface area contributed by atoms with E-state index in [1.54, 1.807) is 24.3 Å². The van der Waals surface area contributed by atoms with Crippen LogP contribution >= 0.6 is 0 Å². The maximum atomic E-state index is 13.3. The van der Waals surface area contributed by atoms with E-state index in [0.717, 1.165) is 18.4 Å². The number of nitrogens with zero attached hydrogens (tertiary/aromatic N) is 1. The van der Waals surface area contributed by atoms with Gasteiger partial charge in [-0.25, -0.2) is 0 Å². The van der Waals surface area contributed by atoms with Crippen LogP contribution in [0.1, 0.15) is 50.8 Å². The molecule has 2 saturated heterocycles. The Kier molecular flexibility index (Phi) is 7.76. The zero-order valence-electron chi connectivity index (χ0n) is 20.5. The summed E-state index contributed by atoms with van der Waals surface area (Å²) in [5, 5.41) is 11.3. The summed E-state index contributed by atoms with van der Waals surface area (Å²) in [6.45, 7) is 8.01. The summed E-state index contributed by atoms with van der Waals surface area (Å²) in [5.74, 6) is 0.0828. The molecule has 2 aromatic carbocycles. The van der Waals surface area contributed by atoms with E-state index < -0.39 is 17.7 Å². The summed E-state index contributed by atoms with van der Waals surface area (Å²) in [4.78, 5) is 27.9. The van der Waals surface area contributed by atoms with Gasteiger partial charge in [0.15, 0.2) is 0 Å². The fraction of sp³-hybridized carbons (Fsp3) is 0.429. The van der Waals surface area contributed by atoms with Gasteiger partial charge in [-0.05, 0) is 55.5 Å². The molecule has 7 heteroatoms. The lowest BCUT2D eigenvalue weighted by molar-refractivity contribution is -0.140. The highest BCUT2D eigenvalue weighted by molar-refractivity contribution is 6.46. The van der Waals surface area contributed by atoms with E-state index in [1.807, 2.05) is 31.2 Å². The van der Waals surface area contributed by atoms with Crippen molar-refractivity contribution in [1.82, 2.24) is 4.90 Å². The van der Waals surface area contributed by atoms with Gasteiger partial charge in [0.2, 0.25) is 0 Å². The number of carbonyl (C=O) groups is 2. The second kappa shape index (κ2) is 11.0. The number of Topliss-reactive ketones (excluding diaryl/α,β-unsaturated/α-hetero) is 1. The minimum atomic E-state index is -0.727. The fourth-order valence-electron chi connectivity index (χ4n) is 4.49. The Morgan fingerprint density at radius 3 is 2.54 bits per heavy atom. The Balaban J connectivity index is 1.75. The number of benzene rings is 2. The zero-order chi connectivity index (χ0) is 24.9. The van der Waals surface area contributed by atoms with Crippen LogP contribution in [0.15, 0.2) is 54.1 Å². The molecule has 0 radical (unpaired) electrons. The van der Waals surface area contributed by atoms with Gasteiger partial charge >= 0.3 is 0 Å². The lowest BCUT2D eigenvalue weighted by atomic mass is 9.95. The first kappa shape index (κ1) is 24.8. The van der Waals surface area contributed by atoms with E-state index >= 15 is 0 Å². The fourth-order valence-corrected chi connectivity index (χ4v) is 4.49. The molecule has 0 spiro atoms. The lowest BCUT2D eigenvalue weighted by Gasteiger charge is -2.27. The first-order valence-corrected chi connectivity index (χ1v) is 12.2. The third kappa shape index (κ3) is 5.51. The molecule has 2 aliphatic heterocycles. The van der Waals surface area contributed by atoms with Crippen molar-refractivity contribution in [2.75, 3.05) is 26.4 Å². The normalized spacial score (nSPS) is 21.7. The predicted octanol–water partition coefficient (Wildman–Crippen LogP) is 4.72. The quantitative estimate of drug-likeness (QED) is 0.318. The molecule has 4 rings (SSSR count). The zero-order valence-corrected chi connectivity index (χ0v) is 20.5. The van der Waals surface area contributed by atoms with E-state index in [2.05, 4.69) is 13.8 Å². The highest BCUT2D eigenvalue weighted by Gasteiger charge is 2.47. The van der Waals surface area contributed by atoms with Gasteiger partial charge in [0, 0.05) is 18.7 Å². The minimum Gasteiger partial charge on any atom is -0.507 e. The molecule has 2 aliphatic rings. The van der Waals surface area contributed by atoms with Crippen molar-refractivity contribution in [1.29, 1.82) is 0 Å². The first-order chi connectivity index (χ1) is 16.9. The number of ether oxygens (including phenoxy) is 3. The molecule has 2 unspecified atom stereocenters. The number of hydrogen-bond donors (Lipinski definition) is 1. The highest BCUT2D eigenvalue weighted by atomic mass is 16.5. The average Bonchev–Trinajstić information content (AvgIpc) is 3.46. The average molecular weight is 480 g/mol. The van der Waals surface area contributed by atoms with Crippen molar-refractivity contribution in [3.63, 3.8) is 0 Å². The highest BCUT2D eigenvalue weighted by Crippen LogP contribution is 2.40. The monoisotopic (exact) mass is 479 g/mol. The van der Waals surface area contributed by atoms with E-state index in [4.69, 9.17) is 14.2 Å². The van der Waals surface area contributed by atoms with Crippen molar-refractivity contribution in [2.24, 2.45) is 5.92 Å². The standard InChI is InChI=1S/C28H33NO6/c1-4-33-21-12-10-19(11-13-21)25-24(27(31)28(32)29(25)16-23-9-6-14-34-23)26(30)20-7-5-8-22(15-20)35-17-18(2)3/h5,7-8,10-13,15,18,23,25,30H,4,6,9,14,16-17H2,1-3H3/b26-24-. The summed E-state index contributed by atoms with van der Waals surface area (Å²) >= 11 is 0. The molecule has 1 N–H and O–H groups in total. The van der Waals surface area contributed by atoms with Gasteiger partial charge in [-0.1, -0.05) is 38.1 Å². The van der Waals surface area contributed by atoms with Crippen molar-refractivity contribution >= 4 is 17.4 Å². The molecule has 2 fully saturated rings. The number of carbonyl (C=O) groups excluding carboxylic acids is 2. The van der Waals surface area contributed by atoms with Crippen LogP contribution in [-0.4, -0.2) is 54.2 Å². The summed E-state index contributed by atoms with van der Waals surface area (Å²) in [5.41, 5.74) is 1.22. The summed E-state index contributed by atoms with van der Waals surface area (Å²) in [7, 11) is 0. The molecule has 0 aromatic heterocycles. The Morgan fingerprint density at radius 2 is 1.89 bits per heavy atom.